The lowest BCUT2D eigenvalue weighted by atomic mass is 10.1. The van der Waals surface area contributed by atoms with Crippen molar-refractivity contribution in [3.8, 4) is 0 Å². The lowest BCUT2D eigenvalue weighted by molar-refractivity contribution is -0.914. The maximum absolute atomic E-state index is 13.3. The van der Waals surface area contributed by atoms with Gasteiger partial charge in [0.15, 0.2) is 13.1 Å². The zero-order valence-electron chi connectivity index (χ0n) is 20.9. The minimum absolute atomic E-state index is 0.150. The van der Waals surface area contributed by atoms with E-state index in [-0.39, 0.29) is 38.2 Å². The van der Waals surface area contributed by atoms with Crippen molar-refractivity contribution in [1.82, 2.24) is 0 Å². The number of ether oxygens (including phenoxy) is 2. The van der Waals surface area contributed by atoms with Gasteiger partial charge in [0.2, 0.25) is 0 Å². The van der Waals surface area contributed by atoms with Crippen LogP contribution in [0.3, 0.4) is 0 Å². The smallest absolute Gasteiger partial charge is 0.362 e. The van der Waals surface area contributed by atoms with Crippen molar-refractivity contribution < 1.29 is 28.3 Å². The molecule has 1 aliphatic rings. The summed E-state index contributed by atoms with van der Waals surface area (Å²) in [5.74, 6) is -0.988. The van der Waals surface area contributed by atoms with E-state index >= 15 is 0 Å². The molecule has 0 radical (unpaired) electrons. The lowest BCUT2D eigenvalue weighted by Crippen LogP contribution is -2.56. The van der Waals surface area contributed by atoms with Gasteiger partial charge < -0.3 is 19.3 Å². The Balaban J connectivity index is 1.73. The molecule has 1 aliphatic heterocycles. The summed E-state index contributed by atoms with van der Waals surface area (Å²) in [6.07, 6.45) is 5.27. The summed E-state index contributed by atoms with van der Waals surface area (Å²) in [5, 5.41) is 2.95. The first-order valence-electron chi connectivity index (χ1n) is 12.5. The SMILES string of the molecule is CCOC(=O)c1cccc(C)c1NC(=O)C[N+]1(CC(=O)OCc2ccccc2)CCCCCCC1. The molecule has 0 aliphatic carbocycles. The van der Waals surface area contributed by atoms with Crippen LogP contribution in [0.25, 0.3) is 0 Å². The number of para-hydroxylation sites is 1. The Morgan fingerprint density at radius 3 is 2.23 bits per heavy atom. The normalized spacial score (nSPS) is 15.4. The molecule has 0 spiro atoms. The zero-order valence-corrected chi connectivity index (χ0v) is 20.9. The summed E-state index contributed by atoms with van der Waals surface area (Å²) < 4.78 is 11.1. The largest absolute Gasteiger partial charge is 0.462 e. The number of hydrogen-bond acceptors (Lipinski definition) is 5. The van der Waals surface area contributed by atoms with Crippen molar-refractivity contribution in [2.24, 2.45) is 0 Å². The van der Waals surface area contributed by atoms with Crippen LogP contribution in [0.15, 0.2) is 48.5 Å². The number of anilines is 1. The highest BCUT2D eigenvalue weighted by Gasteiger charge is 2.34. The standard InChI is InChI=1S/C28H36N2O5/c1-3-34-28(33)24-16-12-13-22(2)27(24)29-25(31)19-30(17-10-5-4-6-11-18-30)20-26(32)35-21-23-14-8-7-9-15-23/h7-9,12-16H,3-6,10-11,17-21H2,1-2H3/p+1. The van der Waals surface area contributed by atoms with Crippen molar-refractivity contribution in [2.75, 3.05) is 38.1 Å². The van der Waals surface area contributed by atoms with E-state index in [2.05, 4.69) is 5.32 Å². The molecule has 3 rings (SSSR count). The number of rotatable bonds is 9. The van der Waals surface area contributed by atoms with Crippen LogP contribution in [0.2, 0.25) is 0 Å². The minimum atomic E-state index is -0.467. The van der Waals surface area contributed by atoms with Gasteiger partial charge in [-0.05, 0) is 56.7 Å². The topological polar surface area (TPSA) is 81.7 Å². The van der Waals surface area contributed by atoms with Gasteiger partial charge in [-0.3, -0.25) is 4.79 Å². The molecular weight excluding hydrogens is 444 g/mol. The Kier molecular flexibility index (Phi) is 9.85. The fourth-order valence-electron chi connectivity index (χ4n) is 4.66. The second kappa shape index (κ2) is 13.0. The molecule has 0 bridgehead atoms. The van der Waals surface area contributed by atoms with E-state index in [1.165, 1.54) is 6.42 Å². The Morgan fingerprint density at radius 1 is 0.857 bits per heavy atom. The predicted molar refractivity (Wildman–Crippen MR) is 135 cm³/mol. The van der Waals surface area contributed by atoms with Crippen molar-refractivity contribution >= 4 is 23.5 Å². The number of quaternary nitrogens is 1. The fraction of sp³-hybridized carbons (Fsp3) is 0.464. The number of carbonyl (C=O) groups is 3. The van der Waals surface area contributed by atoms with Crippen LogP contribution >= 0.6 is 0 Å². The third-order valence-corrected chi connectivity index (χ3v) is 6.48. The van der Waals surface area contributed by atoms with Gasteiger partial charge in [0.25, 0.3) is 5.91 Å². The van der Waals surface area contributed by atoms with Crippen LogP contribution in [0.5, 0.6) is 0 Å². The van der Waals surface area contributed by atoms with Gasteiger partial charge in [-0.25, -0.2) is 9.59 Å². The maximum atomic E-state index is 13.3. The average molecular weight is 482 g/mol. The van der Waals surface area contributed by atoms with Crippen LogP contribution in [0.1, 0.15) is 60.5 Å². The number of nitrogens with zero attached hydrogens (tertiary/aromatic N) is 1. The first kappa shape index (κ1) is 26.4. The molecule has 1 amide bonds. The molecule has 1 saturated heterocycles. The highest BCUT2D eigenvalue weighted by molar-refractivity contribution is 6.02. The molecule has 1 N–H and O–H groups in total. The molecule has 0 unspecified atom stereocenters. The molecule has 2 aromatic carbocycles. The van der Waals surface area contributed by atoms with E-state index in [0.717, 1.165) is 49.9 Å². The number of aryl methyl sites for hydroxylation is 1. The van der Waals surface area contributed by atoms with Crippen molar-refractivity contribution in [3.05, 3.63) is 65.2 Å². The third-order valence-electron chi connectivity index (χ3n) is 6.48. The van der Waals surface area contributed by atoms with Crippen LogP contribution in [0.4, 0.5) is 5.69 Å². The Bertz CT molecular complexity index is 998. The molecule has 0 atom stereocenters. The van der Waals surface area contributed by atoms with E-state index < -0.39 is 5.97 Å². The molecular formula is C28H37N2O5+. The predicted octanol–water partition coefficient (Wildman–Crippen LogP) is 4.63. The summed E-state index contributed by atoms with van der Waals surface area (Å²) >= 11 is 0. The molecule has 7 heteroatoms. The first-order valence-corrected chi connectivity index (χ1v) is 12.5. The molecule has 35 heavy (non-hydrogen) atoms. The number of nitrogens with one attached hydrogen (secondary N) is 1. The van der Waals surface area contributed by atoms with Crippen LogP contribution in [-0.2, 0) is 25.7 Å². The van der Waals surface area contributed by atoms with Gasteiger partial charge in [0, 0.05) is 0 Å². The van der Waals surface area contributed by atoms with E-state index in [9.17, 15) is 14.4 Å². The van der Waals surface area contributed by atoms with Crippen LogP contribution in [0, 0.1) is 6.92 Å². The molecule has 1 fully saturated rings. The minimum Gasteiger partial charge on any atom is -0.462 e. The molecule has 1 heterocycles. The summed E-state index contributed by atoms with van der Waals surface area (Å²) in [6, 6.07) is 14.9. The van der Waals surface area contributed by atoms with E-state index in [4.69, 9.17) is 9.47 Å². The van der Waals surface area contributed by atoms with Gasteiger partial charge >= 0.3 is 11.9 Å². The van der Waals surface area contributed by atoms with Gasteiger partial charge in [0.05, 0.1) is 30.9 Å². The lowest BCUT2D eigenvalue weighted by Gasteiger charge is -2.38. The van der Waals surface area contributed by atoms with Crippen LogP contribution in [-0.4, -0.2) is 55.1 Å². The Morgan fingerprint density at radius 2 is 1.54 bits per heavy atom. The highest BCUT2D eigenvalue weighted by Crippen LogP contribution is 2.23. The van der Waals surface area contributed by atoms with Crippen molar-refractivity contribution in [1.29, 1.82) is 0 Å². The molecule has 188 valence electrons. The number of amides is 1. The Hall–Kier alpha value is -3.19. The number of carbonyl (C=O) groups excluding carboxylic acids is 3. The van der Waals surface area contributed by atoms with Crippen LogP contribution < -0.4 is 5.32 Å². The monoisotopic (exact) mass is 481 g/mol. The van der Waals surface area contributed by atoms with E-state index in [1.807, 2.05) is 43.3 Å². The van der Waals surface area contributed by atoms with E-state index in [1.54, 1.807) is 19.1 Å². The Labute approximate surface area is 208 Å². The second-order valence-electron chi connectivity index (χ2n) is 9.29. The summed E-state index contributed by atoms with van der Waals surface area (Å²) in [4.78, 5) is 38.6. The third kappa shape index (κ3) is 7.92. The van der Waals surface area contributed by atoms with Gasteiger partial charge in [-0.15, -0.1) is 0 Å². The molecule has 2 aromatic rings. The number of likely N-dealkylation sites (tertiary alicyclic amines) is 1. The molecule has 7 nitrogen and oxygen atoms in total. The van der Waals surface area contributed by atoms with E-state index in [0.29, 0.717) is 15.7 Å². The number of esters is 2. The zero-order chi connectivity index (χ0) is 25.1. The van der Waals surface area contributed by atoms with Gasteiger partial charge in [-0.2, -0.15) is 0 Å². The van der Waals surface area contributed by atoms with Crippen molar-refractivity contribution in [2.45, 2.75) is 52.6 Å². The molecule has 0 aromatic heterocycles. The number of hydrogen-bond donors (Lipinski definition) is 1. The summed E-state index contributed by atoms with van der Waals surface area (Å²) in [7, 11) is 0. The quantitative estimate of drug-likeness (QED) is 0.417. The second-order valence-corrected chi connectivity index (χ2v) is 9.29. The van der Waals surface area contributed by atoms with Gasteiger partial charge in [0.1, 0.15) is 6.61 Å². The summed E-state index contributed by atoms with van der Waals surface area (Å²) in [5.41, 5.74) is 2.52. The maximum Gasteiger partial charge on any atom is 0.362 e. The highest BCUT2D eigenvalue weighted by atomic mass is 16.5. The first-order chi connectivity index (χ1) is 16.9. The average Bonchev–Trinajstić information content (AvgIpc) is 2.82. The fourth-order valence-corrected chi connectivity index (χ4v) is 4.66. The van der Waals surface area contributed by atoms with Crippen molar-refractivity contribution in [3.63, 3.8) is 0 Å². The summed E-state index contributed by atoms with van der Waals surface area (Å²) in [6.45, 7) is 5.86. The van der Waals surface area contributed by atoms with Gasteiger partial charge in [-0.1, -0.05) is 48.9 Å². The number of benzene rings is 2. The molecule has 0 saturated carbocycles.